The number of hydrogen-bond acceptors (Lipinski definition) is 4. The van der Waals surface area contributed by atoms with E-state index in [1.807, 2.05) is 0 Å². The molecule has 0 spiro atoms. The van der Waals surface area contributed by atoms with Crippen molar-refractivity contribution in [1.82, 2.24) is 0 Å². The molecule has 4 nitrogen and oxygen atoms in total. The van der Waals surface area contributed by atoms with E-state index in [2.05, 4.69) is 24.4 Å². The van der Waals surface area contributed by atoms with E-state index in [-0.39, 0.29) is 5.76 Å². The number of thiophene rings is 1. The summed E-state index contributed by atoms with van der Waals surface area (Å²) in [6.07, 6.45) is 1.04. The van der Waals surface area contributed by atoms with Crippen molar-refractivity contribution in [1.29, 1.82) is 0 Å². The van der Waals surface area contributed by atoms with Crippen LogP contribution in [0.1, 0.15) is 27.2 Å². The second-order valence-corrected chi connectivity index (χ2v) is 4.80. The SMILES string of the molecule is CCc1ccc(CNc2ccc(C(=O)O)o2)s1. The molecule has 0 aliphatic heterocycles. The van der Waals surface area contributed by atoms with Crippen molar-refractivity contribution in [2.45, 2.75) is 19.9 Å². The molecule has 2 heterocycles. The molecule has 0 saturated heterocycles. The summed E-state index contributed by atoms with van der Waals surface area (Å²) in [5.41, 5.74) is 0. The summed E-state index contributed by atoms with van der Waals surface area (Å²) in [5, 5.41) is 11.8. The van der Waals surface area contributed by atoms with Gasteiger partial charge >= 0.3 is 5.97 Å². The van der Waals surface area contributed by atoms with Gasteiger partial charge in [0.05, 0.1) is 6.54 Å². The van der Waals surface area contributed by atoms with Gasteiger partial charge in [0, 0.05) is 15.8 Å². The summed E-state index contributed by atoms with van der Waals surface area (Å²) in [6.45, 7) is 2.77. The van der Waals surface area contributed by atoms with Crippen LogP contribution < -0.4 is 5.32 Å². The van der Waals surface area contributed by atoms with Crippen LogP contribution in [-0.4, -0.2) is 11.1 Å². The fourth-order valence-electron chi connectivity index (χ4n) is 1.43. The third-order valence-corrected chi connectivity index (χ3v) is 3.55. The Morgan fingerprint density at radius 3 is 2.71 bits per heavy atom. The lowest BCUT2D eigenvalue weighted by molar-refractivity contribution is 0.0663. The smallest absolute Gasteiger partial charge is 0.371 e. The van der Waals surface area contributed by atoms with E-state index in [4.69, 9.17) is 9.52 Å². The van der Waals surface area contributed by atoms with Gasteiger partial charge < -0.3 is 14.8 Å². The highest BCUT2D eigenvalue weighted by Crippen LogP contribution is 2.19. The van der Waals surface area contributed by atoms with Crippen LogP contribution in [0.25, 0.3) is 0 Å². The van der Waals surface area contributed by atoms with Gasteiger partial charge in [0.1, 0.15) is 0 Å². The van der Waals surface area contributed by atoms with Crippen LogP contribution >= 0.6 is 11.3 Å². The zero-order valence-electron chi connectivity index (χ0n) is 9.40. The average Bonchev–Trinajstić information content (AvgIpc) is 2.95. The third-order valence-electron chi connectivity index (χ3n) is 2.32. The molecule has 0 amide bonds. The minimum Gasteiger partial charge on any atom is -0.475 e. The number of furan rings is 1. The fourth-order valence-corrected chi connectivity index (χ4v) is 2.33. The van der Waals surface area contributed by atoms with Crippen LogP contribution in [0.5, 0.6) is 0 Å². The van der Waals surface area contributed by atoms with Crippen molar-refractivity contribution < 1.29 is 14.3 Å². The lowest BCUT2D eigenvalue weighted by atomic mass is 10.3. The maximum absolute atomic E-state index is 10.6. The van der Waals surface area contributed by atoms with Gasteiger partial charge in [0.25, 0.3) is 0 Å². The predicted octanol–water partition coefficient (Wildman–Crippen LogP) is 3.21. The van der Waals surface area contributed by atoms with Crippen molar-refractivity contribution in [3.05, 3.63) is 39.8 Å². The van der Waals surface area contributed by atoms with Crippen LogP contribution in [-0.2, 0) is 13.0 Å². The molecule has 0 atom stereocenters. The van der Waals surface area contributed by atoms with E-state index in [9.17, 15) is 4.79 Å². The highest BCUT2D eigenvalue weighted by Gasteiger charge is 2.08. The molecule has 0 aliphatic carbocycles. The summed E-state index contributed by atoms with van der Waals surface area (Å²) in [6, 6.07) is 7.23. The van der Waals surface area contributed by atoms with Crippen molar-refractivity contribution >= 4 is 23.2 Å². The van der Waals surface area contributed by atoms with Crippen molar-refractivity contribution in [3.63, 3.8) is 0 Å². The van der Waals surface area contributed by atoms with Gasteiger partial charge in [-0.1, -0.05) is 6.92 Å². The second kappa shape index (κ2) is 5.05. The molecule has 5 heteroatoms. The van der Waals surface area contributed by atoms with Crippen molar-refractivity contribution in [2.75, 3.05) is 5.32 Å². The first-order valence-corrected chi connectivity index (χ1v) is 6.15. The standard InChI is InChI=1S/C12H13NO3S/c1-2-8-3-4-9(17-8)7-13-11-6-5-10(16-11)12(14)15/h3-6,13H,2,7H2,1H3,(H,14,15). The van der Waals surface area contributed by atoms with Gasteiger partial charge in [-0.15, -0.1) is 11.3 Å². The molecule has 90 valence electrons. The monoisotopic (exact) mass is 251 g/mol. The zero-order chi connectivity index (χ0) is 12.3. The second-order valence-electron chi connectivity index (χ2n) is 3.54. The Labute approximate surface area is 103 Å². The number of aromatic carboxylic acids is 1. The first kappa shape index (κ1) is 11.7. The fraction of sp³-hybridized carbons (Fsp3) is 0.250. The number of carboxylic acids is 1. The summed E-state index contributed by atoms with van der Waals surface area (Å²) < 4.78 is 5.09. The maximum atomic E-state index is 10.6. The summed E-state index contributed by atoms with van der Waals surface area (Å²) >= 11 is 1.74. The zero-order valence-corrected chi connectivity index (χ0v) is 10.2. The van der Waals surface area contributed by atoms with Crippen molar-refractivity contribution in [2.24, 2.45) is 0 Å². The van der Waals surface area contributed by atoms with Crippen LogP contribution in [0.2, 0.25) is 0 Å². The molecular formula is C12H13NO3S. The lowest BCUT2D eigenvalue weighted by Gasteiger charge is -1.99. The van der Waals surface area contributed by atoms with E-state index in [1.165, 1.54) is 15.8 Å². The number of carboxylic acid groups (broad SMARTS) is 1. The van der Waals surface area contributed by atoms with Gasteiger partial charge in [-0.25, -0.2) is 4.79 Å². The molecule has 0 unspecified atom stereocenters. The normalized spacial score (nSPS) is 10.4. The van der Waals surface area contributed by atoms with Gasteiger partial charge in [-0.3, -0.25) is 0 Å². The van der Waals surface area contributed by atoms with E-state index in [1.54, 1.807) is 17.4 Å². The van der Waals surface area contributed by atoms with Crippen LogP contribution in [0.4, 0.5) is 5.88 Å². The summed E-state index contributed by atoms with van der Waals surface area (Å²) in [4.78, 5) is 13.2. The Bertz CT molecular complexity index is 515. The number of hydrogen-bond donors (Lipinski definition) is 2. The summed E-state index contributed by atoms with van der Waals surface area (Å²) in [7, 11) is 0. The first-order chi connectivity index (χ1) is 8.19. The minimum atomic E-state index is -1.05. The molecule has 0 aromatic carbocycles. The number of aryl methyl sites for hydroxylation is 1. The number of anilines is 1. The van der Waals surface area contributed by atoms with Crippen LogP contribution in [0.15, 0.2) is 28.7 Å². The molecule has 2 rings (SSSR count). The Balaban J connectivity index is 1.94. The first-order valence-electron chi connectivity index (χ1n) is 5.33. The Hall–Kier alpha value is -1.75. The molecule has 0 saturated carbocycles. The van der Waals surface area contributed by atoms with Crippen LogP contribution in [0, 0.1) is 0 Å². The van der Waals surface area contributed by atoms with E-state index >= 15 is 0 Å². The maximum Gasteiger partial charge on any atom is 0.371 e. The van der Waals surface area contributed by atoms with E-state index < -0.39 is 5.97 Å². The van der Waals surface area contributed by atoms with Crippen molar-refractivity contribution in [3.8, 4) is 0 Å². The van der Waals surface area contributed by atoms with Crippen LogP contribution in [0.3, 0.4) is 0 Å². The van der Waals surface area contributed by atoms with Gasteiger partial charge in [0.2, 0.25) is 5.76 Å². The molecule has 2 N–H and O–H groups in total. The van der Waals surface area contributed by atoms with Gasteiger partial charge in [0.15, 0.2) is 5.88 Å². The topological polar surface area (TPSA) is 62.5 Å². The van der Waals surface area contributed by atoms with Gasteiger partial charge in [-0.05, 0) is 24.6 Å². The Morgan fingerprint density at radius 2 is 2.12 bits per heavy atom. The number of rotatable bonds is 5. The number of nitrogens with one attached hydrogen (secondary N) is 1. The highest BCUT2D eigenvalue weighted by molar-refractivity contribution is 7.12. The highest BCUT2D eigenvalue weighted by atomic mass is 32.1. The molecule has 0 radical (unpaired) electrons. The molecule has 0 fully saturated rings. The largest absolute Gasteiger partial charge is 0.475 e. The minimum absolute atomic E-state index is 0.0482. The quantitative estimate of drug-likeness (QED) is 0.856. The molecule has 0 aliphatic rings. The third kappa shape index (κ3) is 2.88. The molecule has 2 aromatic rings. The predicted molar refractivity (Wildman–Crippen MR) is 66.7 cm³/mol. The summed E-state index contributed by atoms with van der Waals surface area (Å²) in [5.74, 6) is -0.621. The molecule has 0 bridgehead atoms. The lowest BCUT2D eigenvalue weighted by Crippen LogP contribution is -1.96. The van der Waals surface area contributed by atoms with E-state index in [0.29, 0.717) is 12.4 Å². The average molecular weight is 251 g/mol. The Morgan fingerprint density at radius 1 is 1.35 bits per heavy atom. The number of carbonyl (C=O) groups is 1. The Kier molecular flexibility index (Phi) is 3.49. The molecular weight excluding hydrogens is 238 g/mol. The molecule has 17 heavy (non-hydrogen) atoms. The van der Waals surface area contributed by atoms with Gasteiger partial charge in [-0.2, -0.15) is 0 Å². The molecule has 2 aromatic heterocycles. The van der Waals surface area contributed by atoms with E-state index in [0.717, 1.165) is 6.42 Å².